The van der Waals surface area contributed by atoms with Gasteiger partial charge in [-0.15, -0.1) is 0 Å². The van der Waals surface area contributed by atoms with Crippen molar-refractivity contribution in [3.05, 3.63) is 40.2 Å². The van der Waals surface area contributed by atoms with Gasteiger partial charge >= 0.3 is 5.97 Å². The van der Waals surface area contributed by atoms with Gasteiger partial charge < -0.3 is 20.2 Å². The maximum atomic E-state index is 12.1. The van der Waals surface area contributed by atoms with Gasteiger partial charge in [-0.2, -0.15) is 0 Å². The van der Waals surface area contributed by atoms with Crippen LogP contribution in [0.3, 0.4) is 0 Å². The number of ether oxygens (including phenoxy) is 2. The van der Waals surface area contributed by atoms with E-state index < -0.39 is 23.7 Å². The van der Waals surface area contributed by atoms with E-state index in [4.69, 9.17) is 15.2 Å². The molecular formula is C17H20N2O4. The fourth-order valence-corrected chi connectivity index (χ4v) is 2.68. The topological polar surface area (TPSA) is 94.4 Å². The maximum absolute atomic E-state index is 12.1. The molecule has 122 valence electrons. The molecule has 0 amide bonds. The van der Waals surface area contributed by atoms with E-state index >= 15 is 0 Å². The first-order chi connectivity index (χ1) is 10.7. The molecule has 1 aromatic carbocycles. The normalized spacial score (nSPS) is 18.3. The lowest BCUT2D eigenvalue weighted by Crippen LogP contribution is -2.47. The predicted molar refractivity (Wildman–Crippen MR) is 86.5 cm³/mol. The van der Waals surface area contributed by atoms with Crippen LogP contribution in [0.2, 0.25) is 0 Å². The number of nitrogens with one attached hydrogen (secondary N) is 1. The van der Waals surface area contributed by atoms with Gasteiger partial charge in [-0.3, -0.25) is 9.59 Å². The first-order valence-corrected chi connectivity index (χ1v) is 7.54. The second-order valence-electron chi connectivity index (χ2n) is 6.76. The second-order valence-corrected chi connectivity index (χ2v) is 6.76. The zero-order valence-corrected chi connectivity index (χ0v) is 13.4. The summed E-state index contributed by atoms with van der Waals surface area (Å²) in [6.45, 7) is 5.39. The van der Waals surface area contributed by atoms with Gasteiger partial charge in [-0.05, 0) is 38.5 Å². The van der Waals surface area contributed by atoms with E-state index in [1.165, 1.54) is 6.07 Å². The number of hydrogen-bond acceptors (Lipinski definition) is 5. The van der Waals surface area contributed by atoms with Crippen LogP contribution >= 0.6 is 0 Å². The van der Waals surface area contributed by atoms with Crippen LogP contribution in [-0.4, -0.2) is 28.7 Å². The number of esters is 1. The summed E-state index contributed by atoms with van der Waals surface area (Å²) in [6, 6.07) is 6.02. The quantitative estimate of drug-likeness (QED) is 0.819. The third-order valence-corrected chi connectivity index (χ3v) is 3.71. The van der Waals surface area contributed by atoms with Crippen molar-refractivity contribution >= 4 is 16.9 Å². The molecule has 3 N–H and O–H groups in total. The Balaban J connectivity index is 1.85. The highest BCUT2D eigenvalue weighted by Crippen LogP contribution is 2.36. The van der Waals surface area contributed by atoms with Gasteiger partial charge in [0.2, 0.25) is 5.56 Å². The average molecular weight is 316 g/mol. The SMILES string of the molecule is CC(C)(C)OC(=O)C(N)C1Cc2ccc3[nH]c(=O)ccc3c2O1. The first kappa shape index (κ1) is 15.6. The van der Waals surface area contributed by atoms with Crippen molar-refractivity contribution in [1.82, 2.24) is 4.98 Å². The lowest BCUT2D eigenvalue weighted by atomic mass is 10.0. The molecule has 2 unspecified atom stereocenters. The van der Waals surface area contributed by atoms with Crippen LogP contribution < -0.4 is 16.0 Å². The number of nitrogens with two attached hydrogens (primary N) is 1. The number of hydrogen-bond donors (Lipinski definition) is 2. The zero-order valence-electron chi connectivity index (χ0n) is 13.4. The van der Waals surface area contributed by atoms with Gasteiger partial charge in [0.05, 0.1) is 5.52 Å². The fraction of sp³-hybridized carbons (Fsp3) is 0.412. The predicted octanol–water partition coefficient (Wildman–Crippen LogP) is 1.50. The van der Waals surface area contributed by atoms with Crippen molar-refractivity contribution in [2.75, 3.05) is 0 Å². The molecule has 0 radical (unpaired) electrons. The van der Waals surface area contributed by atoms with E-state index in [-0.39, 0.29) is 5.56 Å². The van der Waals surface area contributed by atoms with Crippen molar-refractivity contribution in [2.45, 2.75) is 44.9 Å². The Bertz CT molecular complexity index is 819. The number of rotatable bonds is 2. The summed E-state index contributed by atoms with van der Waals surface area (Å²) in [5.74, 6) is 0.191. The summed E-state index contributed by atoms with van der Waals surface area (Å²) in [6.07, 6.45) is 0.0579. The molecule has 23 heavy (non-hydrogen) atoms. The van der Waals surface area contributed by atoms with E-state index in [0.29, 0.717) is 17.7 Å². The van der Waals surface area contributed by atoms with Gasteiger partial charge in [-0.25, -0.2) is 0 Å². The standard InChI is InChI=1S/C17H20N2O4/c1-17(2,3)23-16(21)14(18)12-8-9-4-6-11-10(15(9)22-12)5-7-13(20)19-11/h4-7,12,14H,8,18H2,1-3H3,(H,19,20). The summed E-state index contributed by atoms with van der Waals surface area (Å²) in [7, 11) is 0. The molecule has 0 bridgehead atoms. The molecule has 0 spiro atoms. The van der Waals surface area contributed by atoms with Crippen molar-refractivity contribution in [3.63, 3.8) is 0 Å². The minimum absolute atomic E-state index is 0.169. The Morgan fingerprint density at radius 3 is 2.78 bits per heavy atom. The third-order valence-electron chi connectivity index (χ3n) is 3.71. The lowest BCUT2D eigenvalue weighted by molar-refractivity contribution is -0.158. The molecule has 6 nitrogen and oxygen atoms in total. The van der Waals surface area contributed by atoms with E-state index in [2.05, 4.69) is 4.98 Å². The molecule has 1 aliphatic heterocycles. The van der Waals surface area contributed by atoms with Gasteiger partial charge in [0, 0.05) is 17.9 Å². The van der Waals surface area contributed by atoms with Crippen molar-refractivity contribution < 1.29 is 14.3 Å². The molecule has 1 aromatic heterocycles. The summed E-state index contributed by atoms with van der Waals surface area (Å²) in [5.41, 5.74) is 6.92. The minimum Gasteiger partial charge on any atom is -0.487 e. The number of aromatic amines is 1. The molecule has 0 saturated carbocycles. The number of benzene rings is 1. The molecule has 3 rings (SSSR count). The Morgan fingerprint density at radius 1 is 1.35 bits per heavy atom. The number of carbonyl (C=O) groups is 1. The zero-order chi connectivity index (χ0) is 16.8. The van der Waals surface area contributed by atoms with Gasteiger partial charge in [0.1, 0.15) is 23.5 Å². The highest BCUT2D eigenvalue weighted by atomic mass is 16.6. The molecule has 2 aromatic rings. The lowest BCUT2D eigenvalue weighted by Gasteiger charge is -2.24. The number of H-pyrrole nitrogens is 1. The van der Waals surface area contributed by atoms with Crippen LogP contribution in [0.15, 0.2) is 29.1 Å². The number of aromatic nitrogens is 1. The smallest absolute Gasteiger partial charge is 0.327 e. The molecule has 2 atom stereocenters. The fourth-order valence-electron chi connectivity index (χ4n) is 2.68. The summed E-state index contributed by atoms with van der Waals surface area (Å²) in [4.78, 5) is 26.3. The van der Waals surface area contributed by atoms with Crippen LogP contribution in [0.5, 0.6) is 5.75 Å². The molecule has 0 aliphatic carbocycles. The Labute approximate surface area is 133 Å². The summed E-state index contributed by atoms with van der Waals surface area (Å²) in [5, 5.41) is 0.806. The Hall–Kier alpha value is -2.34. The number of pyridine rings is 1. The second kappa shape index (κ2) is 5.38. The molecule has 2 heterocycles. The van der Waals surface area contributed by atoms with Crippen LogP contribution in [0.1, 0.15) is 26.3 Å². The average Bonchev–Trinajstić information content (AvgIpc) is 2.88. The highest BCUT2D eigenvalue weighted by Gasteiger charge is 2.35. The largest absolute Gasteiger partial charge is 0.487 e. The van der Waals surface area contributed by atoms with E-state index in [1.807, 2.05) is 12.1 Å². The molecule has 0 fully saturated rings. The number of carbonyl (C=O) groups excluding carboxylic acids is 1. The highest BCUT2D eigenvalue weighted by molar-refractivity contribution is 5.87. The number of fused-ring (bicyclic) bond motifs is 3. The molecule has 1 aliphatic rings. The van der Waals surface area contributed by atoms with Gasteiger partial charge in [-0.1, -0.05) is 6.07 Å². The van der Waals surface area contributed by atoms with Crippen LogP contribution in [0, 0.1) is 0 Å². The Kier molecular flexibility index (Phi) is 3.64. The molecule has 6 heteroatoms. The Morgan fingerprint density at radius 2 is 2.09 bits per heavy atom. The van der Waals surface area contributed by atoms with Crippen LogP contribution in [0.4, 0.5) is 0 Å². The van der Waals surface area contributed by atoms with Gasteiger partial charge in [0.25, 0.3) is 0 Å². The summed E-state index contributed by atoms with van der Waals surface area (Å²) >= 11 is 0. The monoisotopic (exact) mass is 316 g/mol. The molecular weight excluding hydrogens is 296 g/mol. The van der Waals surface area contributed by atoms with Crippen LogP contribution in [0.25, 0.3) is 10.9 Å². The maximum Gasteiger partial charge on any atom is 0.327 e. The van der Waals surface area contributed by atoms with Crippen LogP contribution in [-0.2, 0) is 16.0 Å². The minimum atomic E-state index is -0.862. The van der Waals surface area contributed by atoms with E-state index in [1.54, 1.807) is 26.8 Å². The van der Waals surface area contributed by atoms with E-state index in [9.17, 15) is 9.59 Å². The summed E-state index contributed by atoms with van der Waals surface area (Å²) < 4.78 is 11.2. The first-order valence-electron chi connectivity index (χ1n) is 7.54. The third kappa shape index (κ3) is 3.07. The van der Waals surface area contributed by atoms with Crippen molar-refractivity contribution in [3.8, 4) is 5.75 Å². The molecule has 0 saturated heterocycles. The van der Waals surface area contributed by atoms with Gasteiger partial charge in [0.15, 0.2) is 0 Å². The van der Waals surface area contributed by atoms with Crippen molar-refractivity contribution in [1.29, 1.82) is 0 Å². The van der Waals surface area contributed by atoms with E-state index in [0.717, 1.165) is 10.9 Å². The van der Waals surface area contributed by atoms with Crippen molar-refractivity contribution in [2.24, 2.45) is 5.73 Å².